The van der Waals surface area contributed by atoms with E-state index in [1.165, 1.54) is 13.0 Å². The molecule has 1 spiro atoms. The fraction of sp³-hybridized carbons (Fsp3) is 0.667. The van der Waals surface area contributed by atoms with Gasteiger partial charge in [-0.3, -0.25) is 9.69 Å². The molecular weight excluding hydrogens is 344 g/mol. The number of benzene rings is 1. The Kier molecular flexibility index (Phi) is 3.45. The van der Waals surface area contributed by atoms with Crippen molar-refractivity contribution in [2.45, 2.75) is 69.6 Å². The average molecular weight is 372 g/mol. The minimum atomic E-state index is -0.642. The Bertz CT molecular complexity index is 827. The van der Waals surface area contributed by atoms with Crippen LogP contribution in [-0.2, 0) is 10.2 Å². The van der Waals surface area contributed by atoms with Gasteiger partial charge in [0.1, 0.15) is 0 Å². The van der Waals surface area contributed by atoms with Crippen molar-refractivity contribution < 1.29 is 20.1 Å². The summed E-state index contributed by atoms with van der Waals surface area (Å²) in [4.78, 5) is 16.8. The molecule has 146 valence electrons. The average Bonchev–Trinajstić information content (AvgIpc) is 3.17. The lowest BCUT2D eigenvalue weighted by atomic mass is 9.51. The van der Waals surface area contributed by atoms with Gasteiger partial charge in [0.15, 0.2) is 11.5 Å². The number of aliphatic hydroxyl groups excluding tert-OH is 1. The molecule has 0 aromatic heterocycles. The zero-order chi connectivity index (χ0) is 19.1. The van der Waals surface area contributed by atoms with E-state index >= 15 is 0 Å². The molecule has 3 fully saturated rings. The SMILES string of the molecule is CCC12CCCN3CCC4(c5ccc(O)c(O)c5N(C(C)=O)C4C(O)C1)C32. The van der Waals surface area contributed by atoms with Gasteiger partial charge in [-0.2, -0.15) is 0 Å². The van der Waals surface area contributed by atoms with Gasteiger partial charge in [0.05, 0.1) is 17.8 Å². The standard InChI is InChI=1S/C21H28N2O4/c1-3-20-7-4-9-22-10-8-21(19(20)22)13-5-6-14(25)17(27)16(13)23(12(2)24)18(21)15(26)11-20/h5-6,15,18-19,25-27H,3-4,7-11H2,1-2H3. The van der Waals surface area contributed by atoms with Crippen LogP contribution in [0.4, 0.5) is 5.69 Å². The Morgan fingerprint density at radius 2 is 2.04 bits per heavy atom. The van der Waals surface area contributed by atoms with E-state index < -0.39 is 6.10 Å². The number of carbonyl (C=O) groups excluding carboxylic acids is 1. The molecule has 5 atom stereocenters. The van der Waals surface area contributed by atoms with E-state index in [1.807, 2.05) is 6.07 Å². The van der Waals surface area contributed by atoms with Crippen LogP contribution in [0.25, 0.3) is 0 Å². The van der Waals surface area contributed by atoms with Gasteiger partial charge in [0, 0.05) is 18.4 Å². The highest BCUT2D eigenvalue weighted by molar-refractivity contribution is 5.99. The number of piperidine rings is 1. The molecule has 6 heteroatoms. The van der Waals surface area contributed by atoms with Crippen LogP contribution in [0, 0.1) is 5.41 Å². The van der Waals surface area contributed by atoms with Crippen LogP contribution in [0.1, 0.15) is 51.5 Å². The lowest BCUT2D eigenvalue weighted by molar-refractivity contribution is -0.121. The summed E-state index contributed by atoms with van der Waals surface area (Å²) in [7, 11) is 0. The number of hydrogen-bond acceptors (Lipinski definition) is 5. The van der Waals surface area contributed by atoms with Crippen molar-refractivity contribution in [2.75, 3.05) is 18.0 Å². The summed E-state index contributed by atoms with van der Waals surface area (Å²) in [5, 5.41) is 32.1. The van der Waals surface area contributed by atoms with Gasteiger partial charge in [-0.1, -0.05) is 13.0 Å². The van der Waals surface area contributed by atoms with E-state index in [2.05, 4.69) is 11.8 Å². The van der Waals surface area contributed by atoms with Crippen LogP contribution in [0.2, 0.25) is 0 Å². The number of amides is 1. The van der Waals surface area contributed by atoms with Crippen molar-refractivity contribution in [3.63, 3.8) is 0 Å². The number of phenols is 2. The number of carbonyl (C=O) groups is 1. The molecule has 1 aromatic rings. The van der Waals surface area contributed by atoms with Gasteiger partial charge in [0.25, 0.3) is 0 Å². The summed E-state index contributed by atoms with van der Waals surface area (Å²) < 4.78 is 0. The van der Waals surface area contributed by atoms with E-state index in [1.54, 1.807) is 4.90 Å². The van der Waals surface area contributed by atoms with Gasteiger partial charge >= 0.3 is 0 Å². The molecule has 6 nitrogen and oxygen atoms in total. The van der Waals surface area contributed by atoms with Gasteiger partial charge in [-0.25, -0.2) is 0 Å². The van der Waals surface area contributed by atoms with Crippen LogP contribution in [-0.4, -0.2) is 57.4 Å². The van der Waals surface area contributed by atoms with E-state index in [0.29, 0.717) is 12.1 Å². The van der Waals surface area contributed by atoms with Crippen molar-refractivity contribution >= 4 is 11.6 Å². The maximum absolute atomic E-state index is 12.7. The molecule has 3 aliphatic heterocycles. The van der Waals surface area contributed by atoms with Crippen molar-refractivity contribution in [1.82, 2.24) is 4.90 Å². The molecule has 1 aromatic carbocycles. The smallest absolute Gasteiger partial charge is 0.224 e. The molecular formula is C21H28N2O4. The minimum absolute atomic E-state index is 0.0300. The lowest BCUT2D eigenvalue weighted by Gasteiger charge is -2.60. The van der Waals surface area contributed by atoms with Gasteiger partial charge in [-0.15, -0.1) is 0 Å². The Balaban J connectivity index is 1.82. The number of nitrogens with zero attached hydrogens (tertiary/aromatic N) is 2. The molecule has 4 aliphatic rings. The highest BCUT2D eigenvalue weighted by Crippen LogP contribution is 2.67. The normalized spacial score (nSPS) is 39.8. The summed E-state index contributed by atoms with van der Waals surface area (Å²) in [6.07, 6.45) is 4.14. The van der Waals surface area contributed by atoms with E-state index in [4.69, 9.17) is 0 Å². The van der Waals surface area contributed by atoms with Crippen molar-refractivity contribution in [1.29, 1.82) is 0 Å². The maximum Gasteiger partial charge on any atom is 0.224 e. The molecule has 1 saturated carbocycles. The zero-order valence-corrected chi connectivity index (χ0v) is 16.0. The monoisotopic (exact) mass is 372 g/mol. The third-order valence-electron chi connectivity index (χ3n) is 8.07. The predicted molar refractivity (Wildman–Crippen MR) is 101 cm³/mol. The van der Waals surface area contributed by atoms with Crippen molar-refractivity contribution in [3.05, 3.63) is 17.7 Å². The summed E-state index contributed by atoms with van der Waals surface area (Å²) in [6.45, 7) is 5.70. The van der Waals surface area contributed by atoms with Crippen LogP contribution in [0.15, 0.2) is 12.1 Å². The Morgan fingerprint density at radius 3 is 2.74 bits per heavy atom. The maximum atomic E-state index is 12.7. The Hall–Kier alpha value is -1.79. The highest BCUT2D eigenvalue weighted by Gasteiger charge is 2.71. The molecule has 5 rings (SSSR count). The van der Waals surface area contributed by atoms with Gasteiger partial charge < -0.3 is 20.2 Å². The summed E-state index contributed by atoms with van der Waals surface area (Å²) >= 11 is 0. The molecule has 3 heterocycles. The molecule has 0 radical (unpaired) electrons. The van der Waals surface area contributed by atoms with E-state index in [9.17, 15) is 20.1 Å². The largest absolute Gasteiger partial charge is 0.504 e. The molecule has 5 unspecified atom stereocenters. The number of aliphatic hydroxyl groups is 1. The van der Waals surface area contributed by atoms with E-state index in [0.717, 1.165) is 44.3 Å². The van der Waals surface area contributed by atoms with E-state index in [-0.39, 0.29) is 40.3 Å². The molecule has 0 bridgehead atoms. The lowest BCUT2D eigenvalue weighted by Crippen LogP contribution is -2.69. The van der Waals surface area contributed by atoms with Gasteiger partial charge in [0.2, 0.25) is 5.91 Å². The second-order valence-electron chi connectivity index (χ2n) is 8.98. The van der Waals surface area contributed by atoms with Crippen LogP contribution < -0.4 is 4.90 Å². The summed E-state index contributed by atoms with van der Waals surface area (Å²) in [5.41, 5.74) is 0.970. The fourth-order valence-electron chi connectivity index (χ4n) is 7.30. The topological polar surface area (TPSA) is 84.2 Å². The van der Waals surface area contributed by atoms with Crippen molar-refractivity contribution in [2.24, 2.45) is 5.41 Å². The van der Waals surface area contributed by atoms with Crippen molar-refractivity contribution in [3.8, 4) is 11.5 Å². The number of hydrogen-bond donors (Lipinski definition) is 3. The number of aromatic hydroxyl groups is 2. The molecule has 1 amide bonds. The third kappa shape index (κ3) is 1.86. The zero-order valence-electron chi connectivity index (χ0n) is 16.0. The summed E-state index contributed by atoms with van der Waals surface area (Å²) in [5.74, 6) is -0.656. The first-order valence-corrected chi connectivity index (χ1v) is 10.1. The summed E-state index contributed by atoms with van der Waals surface area (Å²) in [6, 6.07) is 3.27. The van der Waals surface area contributed by atoms with Crippen LogP contribution in [0.5, 0.6) is 11.5 Å². The second kappa shape index (κ2) is 5.39. The van der Waals surface area contributed by atoms with Crippen LogP contribution >= 0.6 is 0 Å². The molecule has 1 aliphatic carbocycles. The molecule has 3 N–H and O–H groups in total. The minimum Gasteiger partial charge on any atom is -0.504 e. The first-order chi connectivity index (χ1) is 12.9. The Morgan fingerprint density at radius 1 is 1.26 bits per heavy atom. The highest BCUT2D eigenvalue weighted by atomic mass is 16.3. The number of anilines is 1. The quantitative estimate of drug-likeness (QED) is 0.658. The van der Waals surface area contributed by atoms with Gasteiger partial charge in [-0.05, 0) is 62.2 Å². The molecule has 2 saturated heterocycles. The number of rotatable bonds is 1. The number of fused-ring (bicyclic) bond motifs is 1. The Labute approximate surface area is 159 Å². The second-order valence-corrected chi connectivity index (χ2v) is 8.98. The third-order valence-corrected chi connectivity index (χ3v) is 8.07. The first-order valence-electron chi connectivity index (χ1n) is 10.1. The predicted octanol–water partition coefficient (Wildman–Crippen LogP) is 2.10. The number of phenolic OH excluding ortho intramolecular Hbond substituents is 2. The first kappa shape index (κ1) is 17.3. The fourth-order valence-corrected chi connectivity index (χ4v) is 7.30. The van der Waals surface area contributed by atoms with Crippen LogP contribution in [0.3, 0.4) is 0 Å². The molecule has 27 heavy (non-hydrogen) atoms.